The van der Waals surface area contributed by atoms with Gasteiger partial charge in [-0.3, -0.25) is 0 Å². The van der Waals surface area contributed by atoms with Crippen LogP contribution in [-0.4, -0.2) is 40.0 Å². The van der Waals surface area contributed by atoms with Crippen LogP contribution in [0.1, 0.15) is 12.5 Å². The maximum absolute atomic E-state index is 12.3. The zero-order valence-electron chi connectivity index (χ0n) is 11.4. The van der Waals surface area contributed by atoms with Crippen molar-refractivity contribution in [2.75, 3.05) is 20.6 Å². The van der Waals surface area contributed by atoms with E-state index in [0.717, 1.165) is 10.0 Å². The average Bonchev–Trinajstić information content (AvgIpc) is 2.30. The fraction of sp³-hybridized carbons (Fsp3) is 0.500. The molecule has 7 heteroatoms. The lowest BCUT2D eigenvalue weighted by Crippen LogP contribution is -2.38. The second kappa shape index (κ2) is 6.67. The SMILES string of the molecule is Cc1cc(Br)c(S(=O)(=O)NCC(C)N(C)C)cc1Br. The minimum Gasteiger partial charge on any atom is -0.305 e. The van der Waals surface area contributed by atoms with Crippen LogP contribution in [0, 0.1) is 6.92 Å². The number of likely N-dealkylation sites (N-methyl/N-ethyl adjacent to an activating group) is 1. The second-order valence-electron chi connectivity index (χ2n) is 4.70. The molecule has 0 saturated heterocycles. The van der Waals surface area contributed by atoms with Gasteiger partial charge >= 0.3 is 0 Å². The van der Waals surface area contributed by atoms with Gasteiger partial charge in [0.05, 0.1) is 4.90 Å². The monoisotopic (exact) mass is 412 g/mol. The molecule has 0 bridgehead atoms. The first-order valence-electron chi connectivity index (χ1n) is 5.77. The molecule has 1 unspecified atom stereocenters. The predicted molar refractivity (Wildman–Crippen MR) is 84.9 cm³/mol. The molecule has 0 aliphatic carbocycles. The lowest BCUT2D eigenvalue weighted by Gasteiger charge is -2.20. The van der Waals surface area contributed by atoms with Crippen molar-refractivity contribution in [3.05, 3.63) is 26.6 Å². The van der Waals surface area contributed by atoms with Gasteiger partial charge in [-0.1, -0.05) is 15.9 Å². The minimum absolute atomic E-state index is 0.127. The fourth-order valence-corrected chi connectivity index (χ4v) is 4.12. The Kier molecular flexibility index (Phi) is 6.00. The van der Waals surface area contributed by atoms with Crippen molar-refractivity contribution in [2.24, 2.45) is 0 Å². The van der Waals surface area contributed by atoms with E-state index in [1.807, 2.05) is 32.8 Å². The number of sulfonamides is 1. The van der Waals surface area contributed by atoms with Crippen molar-refractivity contribution in [3.63, 3.8) is 0 Å². The van der Waals surface area contributed by atoms with Crippen molar-refractivity contribution < 1.29 is 8.42 Å². The molecule has 1 aromatic rings. The number of hydrogen-bond acceptors (Lipinski definition) is 3. The highest BCUT2D eigenvalue weighted by atomic mass is 79.9. The Morgan fingerprint density at radius 2 is 1.84 bits per heavy atom. The summed E-state index contributed by atoms with van der Waals surface area (Å²) in [5.41, 5.74) is 0.979. The lowest BCUT2D eigenvalue weighted by molar-refractivity contribution is 0.314. The molecule has 4 nitrogen and oxygen atoms in total. The van der Waals surface area contributed by atoms with E-state index in [0.29, 0.717) is 11.0 Å². The van der Waals surface area contributed by atoms with Crippen LogP contribution in [0.4, 0.5) is 0 Å². The first-order valence-corrected chi connectivity index (χ1v) is 8.84. The summed E-state index contributed by atoms with van der Waals surface area (Å²) in [5.74, 6) is 0. The van der Waals surface area contributed by atoms with Crippen molar-refractivity contribution in [1.82, 2.24) is 9.62 Å². The molecule has 108 valence electrons. The summed E-state index contributed by atoms with van der Waals surface area (Å²) in [5, 5.41) is 0. The molecular weight excluding hydrogens is 396 g/mol. The number of benzene rings is 1. The van der Waals surface area contributed by atoms with E-state index < -0.39 is 10.0 Å². The minimum atomic E-state index is -3.51. The van der Waals surface area contributed by atoms with Crippen LogP contribution in [0.5, 0.6) is 0 Å². The van der Waals surface area contributed by atoms with Crippen LogP contribution in [-0.2, 0) is 10.0 Å². The summed E-state index contributed by atoms with van der Waals surface area (Å²) in [7, 11) is 0.316. The molecular formula is C12H18Br2N2O2S. The van der Waals surface area contributed by atoms with E-state index in [1.54, 1.807) is 12.1 Å². The number of nitrogens with zero attached hydrogens (tertiary/aromatic N) is 1. The standard InChI is InChI=1S/C12H18Br2N2O2S/c1-8-5-11(14)12(6-10(8)13)19(17,18)15-7-9(2)16(3)4/h5-6,9,15H,7H2,1-4H3. The molecule has 0 aromatic heterocycles. The van der Waals surface area contributed by atoms with Gasteiger partial charge in [0, 0.05) is 21.5 Å². The topological polar surface area (TPSA) is 49.4 Å². The fourth-order valence-electron chi connectivity index (χ4n) is 1.32. The highest BCUT2D eigenvalue weighted by Crippen LogP contribution is 2.28. The zero-order valence-corrected chi connectivity index (χ0v) is 15.4. The summed E-state index contributed by atoms with van der Waals surface area (Å²) in [6, 6.07) is 3.53. The third-order valence-corrected chi connectivity index (χ3v) is 6.19. The molecule has 0 aliphatic rings. The Bertz CT molecular complexity index is 559. The van der Waals surface area contributed by atoms with Gasteiger partial charge in [-0.05, 0) is 61.6 Å². The van der Waals surface area contributed by atoms with Crippen LogP contribution in [0.15, 0.2) is 26.0 Å². The summed E-state index contributed by atoms with van der Waals surface area (Å²) in [6.45, 7) is 4.24. The molecule has 0 spiro atoms. The van der Waals surface area contributed by atoms with E-state index in [4.69, 9.17) is 0 Å². The van der Waals surface area contributed by atoms with Crippen LogP contribution in [0.3, 0.4) is 0 Å². The van der Waals surface area contributed by atoms with Crippen LogP contribution < -0.4 is 4.72 Å². The number of rotatable bonds is 5. The van der Waals surface area contributed by atoms with Gasteiger partial charge in [0.2, 0.25) is 10.0 Å². The van der Waals surface area contributed by atoms with Crippen molar-refractivity contribution >= 4 is 41.9 Å². The summed E-state index contributed by atoms with van der Waals surface area (Å²) >= 11 is 6.66. The van der Waals surface area contributed by atoms with Gasteiger partial charge in [0.1, 0.15) is 0 Å². The van der Waals surface area contributed by atoms with Crippen molar-refractivity contribution in [1.29, 1.82) is 0 Å². The molecule has 19 heavy (non-hydrogen) atoms. The molecule has 1 aromatic carbocycles. The Balaban J connectivity index is 2.98. The van der Waals surface area contributed by atoms with E-state index in [9.17, 15) is 8.42 Å². The van der Waals surface area contributed by atoms with Gasteiger partial charge in [-0.25, -0.2) is 13.1 Å². The van der Waals surface area contributed by atoms with Gasteiger partial charge < -0.3 is 4.90 Å². The molecule has 1 atom stereocenters. The molecule has 0 radical (unpaired) electrons. The van der Waals surface area contributed by atoms with E-state index >= 15 is 0 Å². The average molecular weight is 414 g/mol. The van der Waals surface area contributed by atoms with Gasteiger partial charge in [-0.2, -0.15) is 0 Å². The normalized spacial score (nSPS) is 13.8. The second-order valence-corrected chi connectivity index (χ2v) is 8.14. The first-order chi connectivity index (χ1) is 8.65. The summed E-state index contributed by atoms with van der Waals surface area (Å²) < 4.78 is 28.5. The maximum atomic E-state index is 12.3. The Morgan fingerprint density at radius 1 is 1.26 bits per heavy atom. The quantitative estimate of drug-likeness (QED) is 0.807. The molecule has 1 rings (SSSR count). The van der Waals surface area contributed by atoms with Crippen molar-refractivity contribution in [3.8, 4) is 0 Å². The number of nitrogens with one attached hydrogen (secondary N) is 1. The van der Waals surface area contributed by atoms with Gasteiger partial charge in [0.25, 0.3) is 0 Å². The Morgan fingerprint density at radius 3 is 2.37 bits per heavy atom. The van der Waals surface area contributed by atoms with Gasteiger partial charge in [0.15, 0.2) is 0 Å². The van der Waals surface area contributed by atoms with E-state index in [2.05, 4.69) is 36.6 Å². The first kappa shape index (κ1) is 17.1. The molecule has 0 saturated carbocycles. The highest BCUT2D eigenvalue weighted by Gasteiger charge is 2.20. The maximum Gasteiger partial charge on any atom is 0.241 e. The van der Waals surface area contributed by atoms with E-state index in [-0.39, 0.29) is 10.9 Å². The molecule has 0 fully saturated rings. The molecule has 0 amide bonds. The third kappa shape index (κ3) is 4.53. The van der Waals surface area contributed by atoms with Crippen molar-refractivity contribution in [2.45, 2.75) is 24.8 Å². The van der Waals surface area contributed by atoms with Crippen LogP contribution in [0.2, 0.25) is 0 Å². The Hall–Kier alpha value is 0.0500. The lowest BCUT2D eigenvalue weighted by atomic mass is 10.2. The van der Waals surface area contributed by atoms with Crippen LogP contribution in [0.25, 0.3) is 0 Å². The highest BCUT2D eigenvalue weighted by molar-refractivity contribution is 9.11. The number of aryl methyl sites for hydroxylation is 1. The summed E-state index contributed by atoms with van der Waals surface area (Å²) in [4.78, 5) is 2.21. The molecule has 1 N–H and O–H groups in total. The Labute approximate surface area is 131 Å². The van der Waals surface area contributed by atoms with Crippen LogP contribution >= 0.6 is 31.9 Å². The molecule has 0 aliphatic heterocycles. The van der Waals surface area contributed by atoms with E-state index in [1.165, 1.54) is 0 Å². The molecule has 0 heterocycles. The zero-order chi connectivity index (χ0) is 14.8. The van der Waals surface area contributed by atoms with Gasteiger partial charge in [-0.15, -0.1) is 0 Å². The third-order valence-electron chi connectivity index (χ3n) is 2.95. The smallest absolute Gasteiger partial charge is 0.241 e. The largest absolute Gasteiger partial charge is 0.305 e. The predicted octanol–water partition coefficient (Wildman–Crippen LogP) is 2.75. The number of hydrogen-bond donors (Lipinski definition) is 1. The summed E-state index contributed by atoms with van der Waals surface area (Å²) in [6.07, 6.45) is 0. The number of halogens is 2.